The Balaban J connectivity index is 1.31. The van der Waals surface area contributed by atoms with Crippen LogP contribution in [0.15, 0.2) is 84.9 Å². The Morgan fingerprint density at radius 2 is 1.51 bits per heavy atom. The van der Waals surface area contributed by atoms with Gasteiger partial charge in [0.25, 0.3) is 0 Å². The van der Waals surface area contributed by atoms with Gasteiger partial charge in [0, 0.05) is 12.0 Å². The normalized spacial score (nSPS) is 15.0. The van der Waals surface area contributed by atoms with Gasteiger partial charge in [-0.15, -0.1) is 0 Å². The van der Waals surface area contributed by atoms with Gasteiger partial charge >= 0.3 is 5.97 Å². The maximum Gasteiger partial charge on any atom is 0.313 e. The van der Waals surface area contributed by atoms with Crippen LogP contribution in [0, 0.1) is 11.8 Å². The van der Waals surface area contributed by atoms with Gasteiger partial charge in [0.15, 0.2) is 5.78 Å². The van der Waals surface area contributed by atoms with Crippen molar-refractivity contribution in [2.75, 3.05) is 19.6 Å². The molecular weight excluding hydrogens is 462 g/mol. The van der Waals surface area contributed by atoms with Gasteiger partial charge in [-0.2, -0.15) is 0 Å². The molecule has 4 rings (SSSR count). The SMILES string of the molecule is CC(C)C(=O)Oc1cccc(C(=O)CCCN2CCC(C(O)(c3ccccc3)c3ccccc3)CC2)c1. The summed E-state index contributed by atoms with van der Waals surface area (Å²) < 4.78 is 5.35. The Kier molecular flexibility index (Phi) is 8.91. The first-order valence-electron chi connectivity index (χ1n) is 13.3. The number of ether oxygens (including phenoxy) is 1. The van der Waals surface area contributed by atoms with Crippen LogP contribution in [0.25, 0.3) is 0 Å². The second kappa shape index (κ2) is 12.3. The lowest BCUT2D eigenvalue weighted by molar-refractivity contribution is -0.137. The molecule has 0 bridgehead atoms. The number of nitrogens with zero attached hydrogens (tertiary/aromatic N) is 1. The van der Waals surface area contributed by atoms with Crippen molar-refractivity contribution in [1.82, 2.24) is 4.90 Å². The average Bonchev–Trinajstić information content (AvgIpc) is 2.94. The standard InChI is InChI=1S/C32H37NO4/c1-24(2)31(35)37-29-16-9-11-25(23-29)30(34)17-10-20-33-21-18-28(19-22-33)32(36,26-12-5-3-6-13-26)27-14-7-4-8-15-27/h3-9,11-16,23-24,28,36H,10,17-22H2,1-2H3. The number of aliphatic hydroxyl groups is 1. The molecule has 1 saturated heterocycles. The fourth-order valence-electron chi connectivity index (χ4n) is 5.17. The van der Waals surface area contributed by atoms with Gasteiger partial charge < -0.3 is 14.7 Å². The summed E-state index contributed by atoms with van der Waals surface area (Å²) in [6, 6.07) is 26.9. The molecule has 1 heterocycles. The zero-order valence-corrected chi connectivity index (χ0v) is 21.8. The molecule has 0 aromatic heterocycles. The predicted octanol–water partition coefficient (Wildman–Crippen LogP) is 5.86. The van der Waals surface area contributed by atoms with Crippen LogP contribution < -0.4 is 4.74 Å². The first-order valence-corrected chi connectivity index (χ1v) is 13.3. The zero-order valence-electron chi connectivity index (χ0n) is 21.8. The molecule has 5 heteroatoms. The lowest BCUT2D eigenvalue weighted by atomic mass is 9.72. The van der Waals surface area contributed by atoms with Gasteiger partial charge in [-0.1, -0.05) is 86.6 Å². The molecule has 3 aromatic carbocycles. The highest BCUT2D eigenvalue weighted by Gasteiger charge is 2.41. The Labute approximate surface area is 220 Å². The summed E-state index contributed by atoms with van der Waals surface area (Å²) in [6.07, 6.45) is 2.98. The minimum Gasteiger partial charge on any atom is -0.426 e. The van der Waals surface area contributed by atoms with Crippen molar-refractivity contribution in [2.24, 2.45) is 11.8 Å². The number of ketones is 1. The Morgan fingerprint density at radius 1 is 0.919 bits per heavy atom. The molecule has 0 radical (unpaired) electrons. The number of carbonyl (C=O) groups excluding carboxylic acids is 2. The lowest BCUT2D eigenvalue weighted by Gasteiger charge is -2.42. The molecule has 1 aliphatic rings. The quantitative estimate of drug-likeness (QED) is 0.215. The van der Waals surface area contributed by atoms with Crippen molar-refractivity contribution in [3.05, 3.63) is 102 Å². The van der Waals surface area contributed by atoms with E-state index in [2.05, 4.69) is 4.90 Å². The van der Waals surface area contributed by atoms with E-state index in [0.29, 0.717) is 17.7 Å². The fourth-order valence-corrected chi connectivity index (χ4v) is 5.17. The number of likely N-dealkylation sites (tertiary alicyclic amines) is 1. The first-order chi connectivity index (χ1) is 17.9. The van der Waals surface area contributed by atoms with Gasteiger partial charge in [-0.3, -0.25) is 9.59 Å². The average molecular weight is 500 g/mol. The van der Waals surface area contributed by atoms with E-state index in [-0.39, 0.29) is 23.6 Å². The number of piperidine rings is 1. The third-order valence-electron chi connectivity index (χ3n) is 7.33. The monoisotopic (exact) mass is 499 g/mol. The van der Waals surface area contributed by atoms with Crippen LogP contribution in [0.4, 0.5) is 0 Å². The van der Waals surface area contributed by atoms with E-state index in [9.17, 15) is 14.7 Å². The van der Waals surface area contributed by atoms with Crippen molar-refractivity contribution in [1.29, 1.82) is 0 Å². The number of hydrogen-bond acceptors (Lipinski definition) is 5. The topological polar surface area (TPSA) is 66.8 Å². The summed E-state index contributed by atoms with van der Waals surface area (Å²) in [6.45, 7) is 6.19. The van der Waals surface area contributed by atoms with Crippen molar-refractivity contribution in [2.45, 2.75) is 45.1 Å². The molecule has 1 aliphatic heterocycles. The summed E-state index contributed by atoms with van der Waals surface area (Å²) >= 11 is 0. The van der Waals surface area contributed by atoms with Crippen LogP contribution in [-0.2, 0) is 10.4 Å². The molecule has 1 fully saturated rings. The van der Waals surface area contributed by atoms with Gasteiger partial charge in [-0.25, -0.2) is 0 Å². The van der Waals surface area contributed by atoms with E-state index in [4.69, 9.17) is 4.74 Å². The summed E-state index contributed by atoms with van der Waals surface area (Å²) in [5.41, 5.74) is 1.43. The minimum absolute atomic E-state index is 0.0554. The maximum atomic E-state index is 12.8. The van der Waals surface area contributed by atoms with Gasteiger partial charge in [0.1, 0.15) is 11.4 Å². The zero-order chi connectivity index (χ0) is 26.3. The van der Waals surface area contributed by atoms with Crippen LogP contribution in [0.1, 0.15) is 61.0 Å². The van der Waals surface area contributed by atoms with Crippen molar-refractivity contribution < 1.29 is 19.4 Å². The Bertz CT molecular complexity index is 1130. The van der Waals surface area contributed by atoms with Crippen molar-refractivity contribution in [3.63, 3.8) is 0 Å². The van der Waals surface area contributed by atoms with Crippen LogP contribution in [0.2, 0.25) is 0 Å². The second-order valence-electron chi connectivity index (χ2n) is 10.2. The molecule has 0 saturated carbocycles. The summed E-state index contributed by atoms with van der Waals surface area (Å²) in [5.74, 6) is 0.0570. The number of rotatable bonds is 10. The fraction of sp³-hybridized carbons (Fsp3) is 0.375. The highest BCUT2D eigenvalue weighted by atomic mass is 16.5. The largest absolute Gasteiger partial charge is 0.426 e. The minimum atomic E-state index is -1.02. The molecule has 0 amide bonds. The summed E-state index contributed by atoms with van der Waals surface area (Å²) in [5, 5.41) is 12.1. The molecular formula is C32H37NO4. The van der Waals surface area contributed by atoms with Crippen molar-refractivity contribution >= 4 is 11.8 Å². The summed E-state index contributed by atoms with van der Waals surface area (Å²) in [4.78, 5) is 27.0. The van der Waals surface area contributed by atoms with Crippen LogP contribution in [0.5, 0.6) is 5.75 Å². The molecule has 0 spiro atoms. The third-order valence-corrected chi connectivity index (χ3v) is 7.33. The molecule has 0 aliphatic carbocycles. The first kappa shape index (κ1) is 26.8. The smallest absolute Gasteiger partial charge is 0.313 e. The molecule has 37 heavy (non-hydrogen) atoms. The van der Waals surface area contributed by atoms with Gasteiger partial charge in [0.05, 0.1) is 5.92 Å². The number of hydrogen-bond donors (Lipinski definition) is 1. The Morgan fingerprint density at radius 3 is 2.08 bits per heavy atom. The molecule has 194 valence electrons. The third kappa shape index (κ3) is 6.54. The number of Topliss-reactive ketones (excluding diaryl/α,β-unsaturated/α-hetero) is 1. The molecule has 0 unspecified atom stereocenters. The van der Waals surface area contributed by atoms with E-state index >= 15 is 0 Å². The molecule has 0 atom stereocenters. The van der Waals surface area contributed by atoms with E-state index in [1.807, 2.05) is 60.7 Å². The van der Waals surface area contributed by atoms with E-state index in [1.165, 1.54) is 0 Å². The number of benzene rings is 3. The number of esters is 1. The molecule has 1 N–H and O–H groups in total. The van der Waals surface area contributed by atoms with Gasteiger partial charge in [-0.05, 0) is 68.1 Å². The van der Waals surface area contributed by atoms with Crippen LogP contribution in [-0.4, -0.2) is 41.4 Å². The van der Waals surface area contributed by atoms with Crippen LogP contribution in [0.3, 0.4) is 0 Å². The molecule has 3 aromatic rings. The van der Waals surface area contributed by atoms with E-state index in [1.54, 1.807) is 38.1 Å². The van der Waals surface area contributed by atoms with Crippen LogP contribution >= 0.6 is 0 Å². The second-order valence-corrected chi connectivity index (χ2v) is 10.2. The van der Waals surface area contributed by atoms with E-state index in [0.717, 1.165) is 50.0 Å². The predicted molar refractivity (Wildman–Crippen MR) is 146 cm³/mol. The highest BCUT2D eigenvalue weighted by Crippen LogP contribution is 2.41. The Hall–Kier alpha value is -3.28. The maximum absolute atomic E-state index is 12.8. The molecule has 5 nitrogen and oxygen atoms in total. The van der Waals surface area contributed by atoms with Gasteiger partial charge in [0.2, 0.25) is 0 Å². The number of carbonyl (C=O) groups is 2. The lowest BCUT2D eigenvalue weighted by Crippen LogP contribution is -2.44. The highest BCUT2D eigenvalue weighted by molar-refractivity contribution is 5.96. The van der Waals surface area contributed by atoms with Crippen molar-refractivity contribution in [3.8, 4) is 5.75 Å². The van der Waals surface area contributed by atoms with E-state index < -0.39 is 5.60 Å². The summed E-state index contributed by atoms with van der Waals surface area (Å²) in [7, 11) is 0.